The predicted octanol–water partition coefficient (Wildman–Crippen LogP) is 1.66. The SMILES string of the molecule is CC1=Nc2cccnc2N(CCN2CCOCC2)C(=O)C1.Cl. The molecule has 0 N–H and O–H groups in total. The predicted molar refractivity (Wildman–Crippen MR) is 88.5 cm³/mol. The first-order valence-electron chi connectivity index (χ1n) is 7.34. The Kier molecular flexibility index (Phi) is 5.88. The van der Waals surface area contributed by atoms with Crippen LogP contribution in [0, 0.1) is 0 Å². The van der Waals surface area contributed by atoms with Crippen molar-refractivity contribution in [3.63, 3.8) is 0 Å². The lowest BCUT2D eigenvalue weighted by molar-refractivity contribution is -0.117. The molecule has 7 heteroatoms. The molecule has 2 aliphatic heterocycles. The van der Waals surface area contributed by atoms with Gasteiger partial charge in [0.25, 0.3) is 0 Å². The number of amides is 1. The number of rotatable bonds is 3. The lowest BCUT2D eigenvalue weighted by Crippen LogP contribution is -2.43. The number of halogens is 1. The van der Waals surface area contributed by atoms with Crippen LogP contribution in [0.2, 0.25) is 0 Å². The lowest BCUT2D eigenvalue weighted by Gasteiger charge is -2.29. The topological polar surface area (TPSA) is 58.0 Å². The van der Waals surface area contributed by atoms with Gasteiger partial charge in [0, 0.05) is 38.1 Å². The van der Waals surface area contributed by atoms with Crippen LogP contribution in [0.4, 0.5) is 11.5 Å². The van der Waals surface area contributed by atoms with Crippen LogP contribution in [-0.2, 0) is 9.53 Å². The fourth-order valence-corrected chi connectivity index (χ4v) is 2.66. The fraction of sp³-hybridized carbons (Fsp3) is 0.533. The Morgan fingerprint density at radius 1 is 1.27 bits per heavy atom. The summed E-state index contributed by atoms with van der Waals surface area (Å²) in [6.45, 7) is 6.76. The van der Waals surface area contributed by atoms with Crippen molar-refractivity contribution in [3.8, 4) is 0 Å². The van der Waals surface area contributed by atoms with Crippen molar-refractivity contribution in [2.75, 3.05) is 44.3 Å². The van der Waals surface area contributed by atoms with E-state index >= 15 is 0 Å². The van der Waals surface area contributed by atoms with E-state index in [9.17, 15) is 4.79 Å². The third-order valence-electron chi connectivity index (χ3n) is 3.78. The van der Waals surface area contributed by atoms with Crippen LogP contribution in [0.3, 0.4) is 0 Å². The average Bonchev–Trinajstić information content (AvgIpc) is 2.61. The zero-order valence-corrected chi connectivity index (χ0v) is 13.5. The molecular formula is C15H21ClN4O2. The molecule has 3 rings (SSSR count). The lowest BCUT2D eigenvalue weighted by atomic mass is 10.2. The van der Waals surface area contributed by atoms with E-state index in [0.29, 0.717) is 18.8 Å². The third-order valence-corrected chi connectivity index (χ3v) is 3.78. The van der Waals surface area contributed by atoms with Crippen LogP contribution >= 0.6 is 12.4 Å². The summed E-state index contributed by atoms with van der Waals surface area (Å²) in [4.78, 5) is 25.4. The summed E-state index contributed by atoms with van der Waals surface area (Å²) in [5.41, 5.74) is 1.62. The van der Waals surface area contributed by atoms with Crippen molar-refractivity contribution in [2.24, 2.45) is 4.99 Å². The van der Waals surface area contributed by atoms with Crippen molar-refractivity contribution < 1.29 is 9.53 Å². The van der Waals surface area contributed by atoms with Gasteiger partial charge >= 0.3 is 0 Å². The highest BCUT2D eigenvalue weighted by Crippen LogP contribution is 2.29. The Morgan fingerprint density at radius 2 is 2.05 bits per heavy atom. The van der Waals surface area contributed by atoms with E-state index in [0.717, 1.165) is 44.2 Å². The number of hydrogen-bond donors (Lipinski definition) is 0. The van der Waals surface area contributed by atoms with E-state index in [1.807, 2.05) is 19.1 Å². The van der Waals surface area contributed by atoms with Crippen LogP contribution in [0.5, 0.6) is 0 Å². The second-order valence-electron chi connectivity index (χ2n) is 5.37. The number of ether oxygens (including phenoxy) is 1. The zero-order valence-electron chi connectivity index (χ0n) is 12.7. The summed E-state index contributed by atoms with van der Waals surface area (Å²) < 4.78 is 5.35. The first kappa shape index (κ1) is 16.9. The van der Waals surface area contributed by atoms with Gasteiger partial charge in [-0.15, -0.1) is 12.4 Å². The van der Waals surface area contributed by atoms with Crippen LogP contribution in [0.1, 0.15) is 13.3 Å². The van der Waals surface area contributed by atoms with Gasteiger partial charge in [0.05, 0.1) is 19.6 Å². The van der Waals surface area contributed by atoms with Crippen molar-refractivity contribution in [1.29, 1.82) is 0 Å². The Hall–Kier alpha value is -1.50. The molecule has 0 atom stereocenters. The molecule has 0 bridgehead atoms. The molecule has 22 heavy (non-hydrogen) atoms. The Balaban J connectivity index is 0.00000176. The Bertz CT molecular complexity index is 558. The molecule has 2 aliphatic rings. The molecule has 1 aromatic rings. The Morgan fingerprint density at radius 3 is 2.82 bits per heavy atom. The van der Waals surface area contributed by atoms with Crippen molar-refractivity contribution in [3.05, 3.63) is 18.3 Å². The van der Waals surface area contributed by atoms with Crippen LogP contribution < -0.4 is 4.90 Å². The fourth-order valence-electron chi connectivity index (χ4n) is 2.66. The van der Waals surface area contributed by atoms with Gasteiger partial charge in [-0.3, -0.25) is 19.6 Å². The number of morpholine rings is 1. The number of aromatic nitrogens is 1. The second-order valence-corrected chi connectivity index (χ2v) is 5.37. The number of nitrogens with zero attached hydrogens (tertiary/aromatic N) is 4. The quantitative estimate of drug-likeness (QED) is 0.848. The van der Waals surface area contributed by atoms with Crippen molar-refractivity contribution >= 4 is 35.5 Å². The normalized spacial score (nSPS) is 19.0. The molecule has 1 aromatic heterocycles. The monoisotopic (exact) mass is 324 g/mol. The molecule has 0 aromatic carbocycles. The summed E-state index contributed by atoms with van der Waals surface area (Å²) in [6, 6.07) is 3.76. The van der Waals surface area contributed by atoms with Crippen LogP contribution in [0.15, 0.2) is 23.3 Å². The standard InChI is InChI=1S/C15H20N4O2.ClH/c1-12-11-14(20)19(6-5-18-7-9-21-10-8-18)15-13(17-12)3-2-4-16-15;/h2-4H,5-11H2,1H3;1H. The molecule has 1 amide bonds. The number of aliphatic imine (C=N–C) groups is 1. The number of anilines is 1. The van der Waals surface area contributed by atoms with E-state index < -0.39 is 0 Å². The van der Waals surface area contributed by atoms with Gasteiger partial charge in [0.2, 0.25) is 5.91 Å². The number of carbonyl (C=O) groups excluding carboxylic acids is 1. The molecule has 3 heterocycles. The number of carbonyl (C=O) groups is 1. The number of pyridine rings is 1. The van der Waals surface area contributed by atoms with Gasteiger partial charge in [0.15, 0.2) is 5.82 Å². The van der Waals surface area contributed by atoms with E-state index in [-0.39, 0.29) is 18.3 Å². The van der Waals surface area contributed by atoms with Crippen LogP contribution in [-0.4, -0.2) is 60.9 Å². The van der Waals surface area contributed by atoms with Gasteiger partial charge in [0.1, 0.15) is 5.69 Å². The molecule has 1 fully saturated rings. The zero-order chi connectivity index (χ0) is 14.7. The minimum absolute atomic E-state index is 0. The molecule has 0 radical (unpaired) electrons. The van der Waals surface area contributed by atoms with E-state index in [4.69, 9.17) is 4.74 Å². The molecule has 0 unspecified atom stereocenters. The van der Waals surface area contributed by atoms with Crippen molar-refractivity contribution in [2.45, 2.75) is 13.3 Å². The maximum atomic E-state index is 12.4. The molecule has 0 spiro atoms. The summed E-state index contributed by atoms with van der Waals surface area (Å²) in [6.07, 6.45) is 2.07. The number of fused-ring (bicyclic) bond motifs is 1. The first-order chi connectivity index (χ1) is 10.2. The number of hydrogen-bond acceptors (Lipinski definition) is 5. The largest absolute Gasteiger partial charge is 0.379 e. The molecule has 1 saturated heterocycles. The van der Waals surface area contributed by atoms with Gasteiger partial charge < -0.3 is 4.74 Å². The van der Waals surface area contributed by atoms with E-state index in [1.54, 1.807) is 11.1 Å². The molecular weight excluding hydrogens is 304 g/mol. The minimum Gasteiger partial charge on any atom is -0.379 e. The molecule has 0 aliphatic carbocycles. The second kappa shape index (κ2) is 7.67. The van der Waals surface area contributed by atoms with Crippen molar-refractivity contribution in [1.82, 2.24) is 9.88 Å². The minimum atomic E-state index is 0. The van der Waals surface area contributed by atoms with Gasteiger partial charge in [-0.2, -0.15) is 0 Å². The highest BCUT2D eigenvalue weighted by molar-refractivity contribution is 6.10. The van der Waals surface area contributed by atoms with Gasteiger partial charge in [-0.25, -0.2) is 4.98 Å². The highest BCUT2D eigenvalue weighted by atomic mass is 35.5. The summed E-state index contributed by atoms with van der Waals surface area (Å²) in [5.74, 6) is 0.745. The summed E-state index contributed by atoms with van der Waals surface area (Å²) >= 11 is 0. The maximum absolute atomic E-state index is 12.4. The average molecular weight is 325 g/mol. The van der Waals surface area contributed by atoms with Gasteiger partial charge in [-0.05, 0) is 19.1 Å². The third kappa shape index (κ3) is 3.82. The van der Waals surface area contributed by atoms with E-state index in [1.165, 1.54) is 0 Å². The van der Waals surface area contributed by atoms with E-state index in [2.05, 4.69) is 14.9 Å². The molecule has 6 nitrogen and oxygen atoms in total. The van der Waals surface area contributed by atoms with Crippen LogP contribution in [0.25, 0.3) is 0 Å². The smallest absolute Gasteiger partial charge is 0.233 e. The Labute approximate surface area is 136 Å². The highest BCUT2D eigenvalue weighted by Gasteiger charge is 2.24. The first-order valence-corrected chi connectivity index (χ1v) is 7.34. The van der Waals surface area contributed by atoms with Gasteiger partial charge in [-0.1, -0.05) is 0 Å². The maximum Gasteiger partial charge on any atom is 0.233 e. The summed E-state index contributed by atoms with van der Waals surface area (Å²) in [7, 11) is 0. The molecule has 0 saturated carbocycles. The molecule has 120 valence electrons. The summed E-state index contributed by atoms with van der Waals surface area (Å²) in [5, 5.41) is 0.